The lowest BCUT2D eigenvalue weighted by Gasteiger charge is -2.30. The average Bonchev–Trinajstić information content (AvgIpc) is 3.13. The highest BCUT2D eigenvalue weighted by molar-refractivity contribution is 5.87. The van der Waals surface area contributed by atoms with Gasteiger partial charge < -0.3 is 10.6 Å². The molecule has 1 heterocycles. The predicted octanol–water partition coefficient (Wildman–Crippen LogP) is 4.31. The molecule has 0 spiro atoms. The molecule has 0 saturated carbocycles. The summed E-state index contributed by atoms with van der Waals surface area (Å²) < 4.78 is 27.9. The number of rotatable bonds is 5. The number of hydrogen-bond donors (Lipinski definition) is 1. The van der Waals surface area contributed by atoms with Crippen LogP contribution in [0.4, 0.5) is 8.78 Å². The number of halogens is 2. The van der Waals surface area contributed by atoms with Crippen molar-refractivity contribution in [2.75, 3.05) is 6.54 Å². The van der Waals surface area contributed by atoms with Gasteiger partial charge in [-0.25, -0.2) is 8.78 Å². The standard InChI is InChI=1S/C22H24F2N2O/c1-3-14(2)21(25)22(27)26-13-16(18-12-17(23)9-10-19(18)24)11-20(26)15-7-5-4-6-8-15/h4-12,14,20-21H,3,13,25H2,1-2H3/t14-,20-,21-/m0/s1. The van der Waals surface area contributed by atoms with E-state index in [2.05, 4.69) is 0 Å². The van der Waals surface area contributed by atoms with Crippen molar-refractivity contribution in [3.05, 3.63) is 77.4 Å². The fourth-order valence-electron chi connectivity index (χ4n) is 3.36. The van der Waals surface area contributed by atoms with Gasteiger partial charge in [0.1, 0.15) is 11.6 Å². The maximum atomic E-state index is 14.3. The Morgan fingerprint density at radius 2 is 1.93 bits per heavy atom. The van der Waals surface area contributed by atoms with E-state index in [9.17, 15) is 13.6 Å². The van der Waals surface area contributed by atoms with Gasteiger partial charge in [-0.05, 0) is 35.3 Å². The number of carbonyl (C=O) groups is 1. The maximum Gasteiger partial charge on any atom is 0.240 e. The molecule has 0 saturated heterocycles. The third-order valence-corrected chi connectivity index (χ3v) is 5.28. The predicted molar refractivity (Wildman–Crippen MR) is 103 cm³/mol. The number of hydrogen-bond acceptors (Lipinski definition) is 2. The second-order valence-corrected chi connectivity index (χ2v) is 7.05. The van der Waals surface area contributed by atoms with Gasteiger partial charge >= 0.3 is 0 Å². The third-order valence-electron chi connectivity index (χ3n) is 5.28. The zero-order chi connectivity index (χ0) is 19.6. The van der Waals surface area contributed by atoms with Gasteiger partial charge in [0.2, 0.25) is 5.91 Å². The van der Waals surface area contributed by atoms with Crippen molar-refractivity contribution in [1.29, 1.82) is 0 Å². The number of carbonyl (C=O) groups excluding carboxylic acids is 1. The molecule has 2 aromatic carbocycles. The molecule has 2 N–H and O–H groups in total. The van der Waals surface area contributed by atoms with Crippen molar-refractivity contribution in [2.24, 2.45) is 11.7 Å². The van der Waals surface area contributed by atoms with Crippen LogP contribution in [-0.4, -0.2) is 23.4 Å². The molecule has 3 rings (SSSR count). The average molecular weight is 370 g/mol. The summed E-state index contributed by atoms with van der Waals surface area (Å²) in [6, 6.07) is 11.9. The summed E-state index contributed by atoms with van der Waals surface area (Å²) in [5.74, 6) is -1.16. The van der Waals surface area contributed by atoms with E-state index in [0.717, 1.165) is 24.1 Å². The molecule has 27 heavy (non-hydrogen) atoms. The molecule has 2 aromatic rings. The van der Waals surface area contributed by atoms with Crippen molar-refractivity contribution >= 4 is 11.5 Å². The fourth-order valence-corrected chi connectivity index (χ4v) is 3.36. The van der Waals surface area contributed by atoms with Crippen LogP contribution in [0.2, 0.25) is 0 Å². The zero-order valence-electron chi connectivity index (χ0n) is 15.5. The van der Waals surface area contributed by atoms with Gasteiger partial charge in [-0.3, -0.25) is 4.79 Å². The summed E-state index contributed by atoms with van der Waals surface area (Å²) in [6.07, 6.45) is 2.62. The molecule has 3 nitrogen and oxygen atoms in total. The molecule has 0 unspecified atom stereocenters. The number of benzene rings is 2. The first kappa shape index (κ1) is 19.2. The van der Waals surface area contributed by atoms with Gasteiger partial charge in [-0.2, -0.15) is 0 Å². The van der Waals surface area contributed by atoms with Crippen LogP contribution in [0, 0.1) is 17.6 Å². The molecule has 0 aromatic heterocycles. The molecule has 5 heteroatoms. The fraction of sp³-hybridized carbons (Fsp3) is 0.318. The molecular weight excluding hydrogens is 346 g/mol. The summed E-state index contributed by atoms with van der Waals surface area (Å²) in [5, 5.41) is 0. The van der Waals surface area contributed by atoms with Crippen LogP contribution in [0.3, 0.4) is 0 Å². The molecule has 0 radical (unpaired) electrons. The number of nitrogens with two attached hydrogens (primary N) is 1. The van der Waals surface area contributed by atoms with Crippen LogP contribution in [0.15, 0.2) is 54.6 Å². The molecule has 1 aliphatic rings. The quantitative estimate of drug-likeness (QED) is 0.853. The highest BCUT2D eigenvalue weighted by atomic mass is 19.1. The normalized spacial score (nSPS) is 18.9. The van der Waals surface area contributed by atoms with E-state index in [1.165, 1.54) is 6.07 Å². The lowest BCUT2D eigenvalue weighted by Crippen LogP contribution is -2.47. The molecule has 3 atom stereocenters. The minimum atomic E-state index is -0.633. The van der Waals surface area contributed by atoms with Gasteiger partial charge in [0, 0.05) is 12.1 Å². The first-order valence-electron chi connectivity index (χ1n) is 9.19. The Labute approximate surface area is 158 Å². The molecule has 0 fully saturated rings. The van der Waals surface area contributed by atoms with Crippen molar-refractivity contribution in [3.63, 3.8) is 0 Å². The Morgan fingerprint density at radius 3 is 2.59 bits per heavy atom. The SMILES string of the molecule is CC[C@H](C)[C@H](N)C(=O)N1CC(c2cc(F)ccc2F)=C[C@H]1c1ccccc1. The summed E-state index contributed by atoms with van der Waals surface area (Å²) >= 11 is 0. The Morgan fingerprint density at radius 1 is 1.22 bits per heavy atom. The van der Waals surface area contributed by atoms with Crippen LogP contribution in [0.5, 0.6) is 0 Å². The first-order chi connectivity index (χ1) is 12.9. The third kappa shape index (κ3) is 3.93. The lowest BCUT2D eigenvalue weighted by atomic mass is 9.98. The highest BCUT2D eigenvalue weighted by Crippen LogP contribution is 2.36. The van der Waals surface area contributed by atoms with Crippen LogP contribution in [-0.2, 0) is 4.79 Å². The second-order valence-electron chi connectivity index (χ2n) is 7.05. The van der Waals surface area contributed by atoms with Crippen molar-refractivity contribution in [3.8, 4) is 0 Å². The van der Waals surface area contributed by atoms with E-state index in [1.807, 2.05) is 50.3 Å². The number of amides is 1. The Bertz CT molecular complexity index is 851. The summed E-state index contributed by atoms with van der Waals surface area (Å²) in [7, 11) is 0. The van der Waals surface area contributed by atoms with Crippen LogP contribution in [0.1, 0.15) is 37.4 Å². The molecule has 1 amide bonds. The summed E-state index contributed by atoms with van der Waals surface area (Å²) in [6.45, 7) is 4.13. The topological polar surface area (TPSA) is 46.3 Å². The maximum absolute atomic E-state index is 14.3. The van der Waals surface area contributed by atoms with Crippen molar-refractivity contribution in [1.82, 2.24) is 4.90 Å². The van der Waals surface area contributed by atoms with Crippen LogP contribution in [0.25, 0.3) is 5.57 Å². The first-order valence-corrected chi connectivity index (χ1v) is 9.19. The summed E-state index contributed by atoms with van der Waals surface area (Å²) in [4.78, 5) is 14.7. The van der Waals surface area contributed by atoms with Crippen LogP contribution < -0.4 is 5.73 Å². The highest BCUT2D eigenvalue weighted by Gasteiger charge is 2.35. The monoisotopic (exact) mass is 370 g/mol. The molecule has 142 valence electrons. The van der Waals surface area contributed by atoms with E-state index in [1.54, 1.807) is 4.90 Å². The largest absolute Gasteiger partial charge is 0.326 e. The minimum absolute atomic E-state index is 0.0314. The van der Waals surface area contributed by atoms with Crippen LogP contribution >= 0.6 is 0 Å². The van der Waals surface area contributed by atoms with Gasteiger partial charge in [0.15, 0.2) is 0 Å². The summed E-state index contributed by atoms with van der Waals surface area (Å²) in [5.41, 5.74) is 7.86. The Hall–Kier alpha value is -2.53. The van der Waals surface area contributed by atoms with E-state index in [-0.39, 0.29) is 30.0 Å². The van der Waals surface area contributed by atoms with Crippen molar-refractivity contribution in [2.45, 2.75) is 32.4 Å². The number of nitrogens with zero attached hydrogens (tertiary/aromatic N) is 1. The smallest absolute Gasteiger partial charge is 0.240 e. The van der Waals surface area contributed by atoms with Gasteiger partial charge in [-0.15, -0.1) is 0 Å². The Kier molecular flexibility index (Phi) is 5.71. The lowest BCUT2D eigenvalue weighted by molar-refractivity contribution is -0.134. The molecule has 1 aliphatic heterocycles. The van der Waals surface area contributed by atoms with E-state index in [4.69, 9.17) is 5.73 Å². The second kappa shape index (κ2) is 8.01. The van der Waals surface area contributed by atoms with E-state index >= 15 is 0 Å². The van der Waals surface area contributed by atoms with Crippen molar-refractivity contribution < 1.29 is 13.6 Å². The van der Waals surface area contributed by atoms with Gasteiger partial charge in [0.25, 0.3) is 0 Å². The molecule has 0 bridgehead atoms. The minimum Gasteiger partial charge on any atom is -0.326 e. The molecule has 0 aliphatic carbocycles. The van der Waals surface area contributed by atoms with E-state index in [0.29, 0.717) is 5.57 Å². The zero-order valence-corrected chi connectivity index (χ0v) is 15.5. The van der Waals surface area contributed by atoms with E-state index < -0.39 is 17.7 Å². The molecular formula is C22H24F2N2O. The van der Waals surface area contributed by atoms with Gasteiger partial charge in [0.05, 0.1) is 12.1 Å². The Balaban J connectivity index is 1.99. The van der Waals surface area contributed by atoms with Gasteiger partial charge in [-0.1, -0.05) is 56.7 Å².